The van der Waals surface area contributed by atoms with Gasteiger partial charge >= 0.3 is 6.09 Å². The summed E-state index contributed by atoms with van der Waals surface area (Å²) in [6, 6.07) is 6.50. The summed E-state index contributed by atoms with van der Waals surface area (Å²) in [6.45, 7) is 5.21. The molecule has 0 bridgehead atoms. The molecular weight excluding hydrogens is 290 g/mol. The van der Waals surface area contributed by atoms with Crippen molar-refractivity contribution in [3.8, 4) is 0 Å². The number of benzene rings is 1. The van der Waals surface area contributed by atoms with Crippen molar-refractivity contribution in [1.82, 2.24) is 0 Å². The smallest absolute Gasteiger partial charge is 0.412 e. The molecular formula is C12H16ClNO4S. The van der Waals surface area contributed by atoms with Gasteiger partial charge in [0.25, 0.3) is 0 Å². The molecule has 0 aliphatic rings. The second-order valence-corrected chi connectivity index (χ2v) is 7.74. The number of para-hydroxylation sites is 1. The molecule has 0 aromatic heterocycles. The fourth-order valence-corrected chi connectivity index (χ4v) is 2.34. The number of ether oxygens (including phenoxy) is 1. The summed E-state index contributed by atoms with van der Waals surface area (Å²) in [7, 11) is 1.52. The second-order valence-electron chi connectivity index (χ2n) is 4.97. The molecule has 0 heterocycles. The summed E-state index contributed by atoms with van der Waals surface area (Å²) in [5.41, 5.74) is 0.141. The molecule has 0 spiro atoms. The molecule has 0 aliphatic heterocycles. The Morgan fingerprint density at radius 1 is 1.32 bits per heavy atom. The maximum absolute atomic E-state index is 11.6. The number of hydrogen-bond donors (Lipinski definition) is 1. The van der Waals surface area contributed by atoms with E-state index in [4.69, 9.17) is 15.4 Å². The van der Waals surface area contributed by atoms with Gasteiger partial charge in [0.2, 0.25) is 9.05 Å². The third kappa shape index (κ3) is 6.45. The zero-order valence-corrected chi connectivity index (χ0v) is 12.5. The van der Waals surface area contributed by atoms with Gasteiger partial charge in [-0.1, -0.05) is 18.2 Å². The van der Waals surface area contributed by atoms with E-state index >= 15 is 0 Å². The van der Waals surface area contributed by atoms with Crippen LogP contribution in [0.15, 0.2) is 24.3 Å². The van der Waals surface area contributed by atoms with Gasteiger partial charge in [-0.3, -0.25) is 5.32 Å². The van der Waals surface area contributed by atoms with Crippen LogP contribution in [0.2, 0.25) is 0 Å². The van der Waals surface area contributed by atoms with E-state index in [1.54, 1.807) is 45.0 Å². The van der Waals surface area contributed by atoms with E-state index in [9.17, 15) is 13.2 Å². The summed E-state index contributed by atoms with van der Waals surface area (Å²) in [4.78, 5) is 11.6. The topological polar surface area (TPSA) is 72.5 Å². The number of halogens is 1. The van der Waals surface area contributed by atoms with E-state index in [-0.39, 0.29) is 5.75 Å². The summed E-state index contributed by atoms with van der Waals surface area (Å²) in [5, 5.41) is 2.51. The van der Waals surface area contributed by atoms with Gasteiger partial charge in [-0.25, -0.2) is 13.2 Å². The average Bonchev–Trinajstić information content (AvgIpc) is 2.15. The molecule has 1 aromatic rings. The minimum Gasteiger partial charge on any atom is -0.444 e. The Balaban J connectivity index is 2.87. The highest BCUT2D eigenvalue weighted by Gasteiger charge is 2.18. The molecule has 0 radical (unpaired) electrons. The van der Waals surface area contributed by atoms with Crippen molar-refractivity contribution < 1.29 is 17.9 Å². The standard InChI is InChI=1S/C12H16ClNO4S/c1-12(2,3)18-11(15)14-10-7-5-4-6-9(10)8-19(13,16)17/h4-7H,8H2,1-3H3,(H,14,15). The lowest BCUT2D eigenvalue weighted by Gasteiger charge is -2.20. The summed E-state index contributed by atoms with van der Waals surface area (Å²) in [6.07, 6.45) is -0.646. The molecule has 0 saturated heterocycles. The quantitative estimate of drug-likeness (QED) is 0.871. The average molecular weight is 306 g/mol. The molecule has 0 fully saturated rings. The number of rotatable bonds is 3. The molecule has 19 heavy (non-hydrogen) atoms. The molecule has 1 amide bonds. The Morgan fingerprint density at radius 2 is 1.89 bits per heavy atom. The van der Waals surface area contributed by atoms with Crippen molar-refractivity contribution in [3.05, 3.63) is 29.8 Å². The first kappa shape index (κ1) is 15.8. The van der Waals surface area contributed by atoms with Gasteiger partial charge in [-0.05, 0) is 32.4 Å². The molecule has 1 aromatic carbocycles. The molecule has 7 heteroatoms. The van der Waals surface area contributed by atoms with Crippen LogP contribution in [0.1, 0.15) is 26.3 Å². The van der Waals surface area contributed by atoms with Gasteiger partial charge in [0, 0.05) is 16.4 Å². The van der Waals surface area contributed by atoms with Crippen LogP contribution in [-0.4, -0.2) is 20.1 Å². The van der Waals surface area contributed by atoms with E-state index in [1.165, 1.54) is 0 Å². The summed E-state index contributed by atoms with van der Waals surface area (Å²) >= 11 is 0. The minimum atomic E-state index is -3.69. The number of amides is 1. The van der Waals surface area contributed by atoms with E-state index in [2.05, 4.69) is 5.32 Å². The lowest BCUT2D eigenvalue weighted by Crippen LogP contribution is -2.27. The van der Waals surface area contributed by atoms with Crippen LogP contribution < -0.4 is 5.32 Å². The molecule has 1 N–H and O–H groups in total. The van der Waals surface area contributed by atoms with Crippen LogP contribution in [-0.2, 0) is 19.5 Å². The number of nitrogens with one attached hydrogen (secondary N) is 1. The van der Waals surface area contributed by atoms with Gasteiger partial charge in [-0.15, -0.1) is 0 Å². The fraction of sp³-hybridized carbons (Fsp3) is 0.417. The lowest BCUT2D eigenvalue weighted by atomic mass is 10.2. The predicted molar refractivity (Wildman–Crippen MR) is 74.8 cm³/mol. The van der Waals surface area contributed by atoms with Gasteiger partial charge in [0.1, 0.15) is 5.60 Å². The van der Waals surface area contributed by atoms with Crippen LogP contribution >= 0.6 is 10.7 Å². The zero-order chi connectivity index (χ0) is 14.7. The Kier molecular flexibility index (Phi) is 4.81. The van der Waals surface area contributed by atoms with Crippen molar-refractivity contribution in [3.63, 3.8) is 0 Å². The van der Waals surface area contributed by atoms with Crippen LogP contribution in [0.25, 0.3) is 0 Å². The number of carbonyl (C=O) groups excluding carboxylic acids is 1. The number of anilines is 1. The molecule has 0 unspecified atom stereocenters. The lowest BCUT2D eigenvalue weighted by molar-refractivity contribution is 0.0636. The molecule has 0 atom stereocenters. The molecule has 0 saturated carbocycles. The van der Waals surface area contributed by atoms with Crippen LogP contribution in [0.5, 0.6) is 0 Å². The van der Waals surface area contributed by atoms with Crippen LogP contribution in [0.3, 0.4) is 0 Å². The SMILES string of the molecule is CC(C)(C)OC(=O)Nc1ccccc1CS(=O)(=O)Cl. The molecule has 5 nitrogen and oxygen atoms in total. The van der Waals surface area contributed by atoms with Crippen LogP contribution in [0, 0.1) is 0 Å². The van der Waals surface area contributed by atoms with Crippen LogP contribution in [0.4, 0.5) is 10.5 Å². The first-order valence-electron chi connectivity index (χ1n) is 5.57. The van der Waals surface area contributed by atoms with Crippen molar-refractivity contribution in [2.24, 2.45) is 0 Å². The van der Waals surface area contributed by atoms with Crippen molar-refractivity contribution in [2.45, 2.75) is 32.1 Å². The van der Waals surface area contributed by atoms with Crippen molar-refractivity contribution >= 4 is 31.5 Å². The Bertz CT molecular complexity index is 563. The highest BCUT2D eigenvalue weighted by atomic mass is 35.7. The van der Waals surface area contributed by atoms with Crippen molar-refractivity contribution in [2.75, 3.05) is 5.32 Å². The largest absolute Gasteiger partial charge is 0.444 e. The Hall–Kier alpha value is -1.27. The summed E-state index contributed by atoms with van der Waals surface area (Å²) in [5.74, 6) is -0.361. The van der Waals surface area contributed by atoms with E-state index in [0.29, 0.717) is 11.3 Å². The second kappa shape index (κ2) is 5.79. The maximum atomic E-state index is 11.6. The highest BCUT2D eigenvalue weighted by molar-refractivity contribution is 8.13. The first-order chi connectivity index (χ1) is 8.57. The first-order valence-corrected chi connectivity index (χ1v) is 8.05. The fourth-order valence-electron chi connectivity index (χ4n) is 1.37. The van der Waals surface area contributed by atoms with Gasteiger partial charge < -0.3 is 4.74 Å². The molecule has 1 rings (SSSR count). The third-order valence-electron chi connectivity index (χ3n) is 1.98. The van der Waals surface area contributed by atoms with Gasteiger partial charge in [0.15, 0.2) is 0 Å². The van der Waals surface area contributed by atoms with E-state index < -0.39 is 20.7 Å². The molecule has 106 valence electrons. The molecule has 0 aliphatic carbocycles. The normalized spacial score (nSPS) is 12.0. The Morgan fingerprint density at radius 3 is 2.42 bits per heavy atom. The third-order valence-corrected chi connectivity index (χ3v) is 2.96. The monoisotopic (exact) mass is 305 g/mol. The van der Waals surface area contributed by atoms with Gasteiger partial charge in [-0.2, -0.15) is 0 Å². The maximum Gasteiger partial charge on any atom is 0.412 e. The zero-order valence-electron chi connectivity index (χ0n) is 10.9. The van der Waals surface area contributed by atoms with Gasteiger partial charge in [0.05, 0.1) is 5.75 Å². The highest BCUT2D eigenvalue weighted by Crippen LogP contribution is 2.20. The number of hydrogen-bond acceptors (Lipinski definition) is 4. The van der Waals surface area contributed by atoms with E-state index in [0.717, 1.165) is 0 Å². The predicted octanol–water partition coefficient (Wildman–Crippen LogP) is 3.10. The summed E-state index contributed by atoms with van der Waals surface area (Å²) < 4.78 is 27.3. The Labute approximate surface area is 117 Å². The van der Waals surface area contributed by atoms with Crippen molar-refractivity contribution in [1.29, 1.82) is 0 Å². The number of carbonyl (C=O) groups is 1. The minimum absolute atomic E-state index is 0.361. The van der Waals surface area contributed by atoms with E-state index in [1.807, 2.05) is 0 Å².